The Morgan fingerprint density at radius 1 is 1.16 bits per heavy atom. The third-order valence-electron chi connectivity index (χ3n) is 2.93. The highest BCUT2D eigenvalue weighted by molar-refractivity contribution is 9.11. The summed E-state index contributed by atoms with van der Waals surface area (Å²) in [6.45, 7) is 0.897. The van der Waals surface area contributed by atoms with Crippen LogP contribution in [0.2, 0.25) is 0 Å². The van der Waals surface area contributed by atoms with Crippen LogP contribution in [0.15, 0.2) is 31.6 Å². The van der Waals surface area contributed by atoms with Crippen molar-refractivity contribution in [2.24, 2.45) is 0 Å². The average Bonchev–Trinajstić information content (AvgIpc) is 3.04. The lowest BCUT2D eigenvalue weighted by Crippen LogP contribution is -2.19. The quantitative estimate of drug-likeness (QED) is 0.853. The minimum Gasteiger partial charge on any atom is -0.421 e. The van der Waals surface area contributed by atoms with E-state index in [0.29, 0.717) is 17.8 Å². The lowest BCUT2D eigenvalue weighted by molar-refractivity contribution is 0.494. The van der Waals surface area contributed by atoms with Gasteiger partial charge in [0.05, 0.1) is 0 Å². The van der Waals surface area contributed by atoms with E-state index >= 15 is 0 Å². The van der Waals surface area contributed by atoms with Crippen molar-refractivity contribution in [2.45, 2.75) is 25.3 Å². The third kappa shape index (κ3) is 3.64. The first-order valence-electron chi connectivity index (χ1n) is 6.23. The van der Waals surface area contributed by atoms with Gasteiger partial charge >= 0.3 is 0 Å². The molecule has 100 valence electrons. The van der Waals surface area contributed by atoms with Crippen LogP contribution in [0.25, 0.3) is 11.5 Å². The zero-order valence-electron chi connectivity index (χ0n) is 10.2. The Hall–Kier alpha value is -0.720. The molecule has 0 amide bonds. The normalized spacial score (nSPS) is 14.8. The molecule has 1 heterocycles. The van der Waals surface area contributed by atoms with Crippen molar-refractivity contribution in [3.63, 3.8) is 0 Å². The van der Waals surface area contributed by atoms with E-state index < -0.39 is 0 Å². The molecule has 4 nitrogen and oxygen atoms in total. The Kier molecular flexibility index (Phi) is 4.00. The molecule has 1 aliphatic rings. The van der Waals surface area contributed by atoms with Gasteiger partial charge in [0.25, 0.3) is 0 Å². The molecule has 0 atom stereocenters. The second-order valence-electron chi connectivity index (χ2n) is 4.64. The molecule has 1 saturated carbocycles. The standard InChI is InChI=1S/C13H13Br2N3O/c14-9-5-8(6-10(15)7-9)13-18-17-12(19-13)3-4-16-11-1-2-11/h5-7,11,16H,1-4H2. The van der Waals surface area contributed by atoms with Gasteiger partial charge in [0.15, 0.2) is 0 Å². The van der Waals surface area contributed by atoms with Crippen LogP contribution in [-0.4, -0.2) is 22.8 Å². The molecular formula is C13H13Br2N3O. The number of rotatable bonds is 5. The summed E-state index contributed by atoms with van der Waals surface area (Å²) >= 11 is 6.90. The lowest BCUT2D eigenvalue weighted by Gasteiger charge is -1.99. The fraction of sp³-hybridized carbons (Fsp3) is 0.385. The van der Waals surface area contributed by atoms with Crippen LogP contribution >= 0.6 is 31.9 Å². The minimum absolute atomic E-state index is 0.559. The van der Waals surface area contributed by atoms with Crippen molar-refractivity contribution in [1.29, 1.82) is 0 Å². The summed E-state index contributed by atoms with van der Waals surface area (Å²) in [4.78, 5) is 0. The van der Waals surface area contributed by atoms with Crippen LogP contribution in [-0.2, 0) is 6.42 Å². The molecule has 1 aromatic heterocycles. The molecule has 0 unspecified atom stereocenters. The maximum atomic E-state index is 5.68. The van der Waals surface area contributed by atoms with E-state index in [1.165, 1.54) is 12.8 Å². The fourth-order valence-electron chi connectivity index (χ4n) is 1.82. The summed E-state index contributed by atoms with van der Waals surface area (Å²) in [5.41, 5.74) is 0.912. The van der Waals surface area contributed by atoms with E-state index in [2.05, 4.69) is 47.4 Å². The predicted molar refractivity (Wildman–Crippen MR) is 79.9 cm³/mol. The van der Waals surface area contributed by atoms with Crippen molar-refractivity contribution < 1.29 is 4.42 Å². The first-order valence-corrected chi connectivity index (χ1v) is 7.81. The van der Waals surface area contributed by atoms with Crippen molar-refractivity contribution in [1.82, 2.24) is 15.5 Å². The van der Waals surface area contributed by atoms with Crippen LogP contribution in [0, 0.1) is 0 Å². The number of nitrogens with one attached hydrogen (secondary N) is 1. The number of benzene rings is 1. The lowest BCUT2D eigenvalue weighted by atomic mass is 10.2. The molecule has 2 aromatic rings. The molecule has 0 radical (unpaired) electrons. The van der Waals surface area contributed by atoms with Crippen LogP contribution in [0.1, 0.15) is 18.7 Å². The molecular weight excluding hydrogens is 374 g/mol. The van der Waals surface area contributed by atoms with E-state index in [9.17, 15) is 0 Å². The highest BCUT2D eigenvalue weighted by atomic mass is 79.9. The van der Waals surface area contributed by atoms with Crippen molar-refractivity contribution in [2.75, 3.05) is 6.54 Å². The van der Waals surface area contributed by atoms with E-state index in [-0.39, 0.29) is 0 Å². The number of halogens is 2. The van der Waals surface area contributed by atoms with Crippen LogP contribution in [0.4, 0.5) is 0 Å². The minimum atomic E-state index is 0.559. The van der Waals surface area contributed by atoms with E-state index in [1.807, 2.05) is 18.2 Å². The zero-order chi connectivity index (χ0) is 13.2. The predicted octanol–water partition coefficient (Wildman–Crippen LogP) is 3.56. The number of nitrogens with zero attached hydrogens (tertiary/aromatic N) is 2. The second-order valence-corrected chi connectivity index (χ2v) is 6.47. The first-order chi connectivity index (χ1) is 9.20. The Labute approximate surface area is 128 Å². The number of hydrogen-bond acceptors (Lipinski definition) is 4. The summed E-state index contributed by atoms with van der Waals surface area (Å²) in [5, 5.41) is 11.6. The molecule has 0 saturated heterocycles. The fourth-order valence-corrected chi connectivity index (χ4v) is 3.11. The summed E-state index contributed by atoms with van der Waals surface area (Å²) in [6.07, 6.45) is 3.36. The van der Waals surface area contributed by atoms with Crippen molar-refractivity contribution >= 4 is 31.9 Å². The Bertz CT molecular complexity index is 561. The van der Waals surface area contributed by atoms with Gasteiger partial charge in [-0.15, -0.1) is 10.2 Å². The van der Waals surface area contributed by atoms with Gasteiger partial charge in [-0.2, -0.15) is 0 Å². The highest BCUT2D eigenvalue weighted by Gasteiger charge is 2.20. The van der Waals surface area contributed by atoms with Gasteiger partial charge in [0, 0.05) is 33.5 Å². The first kappa shape index (κ1) is 13.3. The maximum absolute atomic E-state index is 5.68. The highest BCUT2D eigenvalue weighted by Crippen LogP contribution is 2.27. The molecule has 1 aliphatic carbocycles. The molecule has 0 aliphatic heterocycles. The van der Waals surface area contributed by atoms with Crippen molar-refractivity contribution in [3.05, 3.63) is 33.0 Å². The largest absolute Gasteiger partial charge is 0.421 e. The van der Waals surface area contributed by atoms with Crippen molar-refractivity contribution in [3.8, 4) is 11.5 Å². The number of aromatic nitrogens is 2. The molecule has 1 N–H and O–H groups in total. The molecule has 6 heteroatoms. The van der Waals surface area contributed by atoms with Gasteiger partial charge in [0.1, 0.15) is 0 Å². The van der Waals surface area contributed by atoms with Gasteiger partial charge in [-0.3, -0.25) is 0 Å². The van der Waals surface area contributed by atoms with Gasteiger partial charge < -0.3 is 9.73 Å². The topological polar surface area (TPSA) is 51.0 Å². The Morgan fingerprint density at radius 3 is 2.58 bits per heavy atom. The Morgan fingerprint density at radius 2 is 1.89 bits per heavy atom. The average molecular weight is 387 g/mol. The number of hydrogen-bond donors (Lipinski definition) is 1. The van der Waals surface area contributed by atoms with Crippen LogP contribution in [0.5, 0.6) is 0 Å². The smallest absolute Gasteiger partial charge is 0.247 e. The van der Waals surface area contributed by atoms with Gasteiger partial charge in [-0.1, -0.05) is 31.9 Å². The van der Waals surface area contributed by atoms with Crippen LogP contribution in [0.3, 0.4) is 0 Å². The second kappa shape index (κ2) is 5.73. The molecule has 1 aromatic carbocycles. The van der Waals surface area contributed by atoms with Gasteiger partial charge in [-0.25, -0.2) is 0 Å². The molecule has 1 fully saturated rings. The van der Waals surface area contributed by atoms with E-state index in [1.54, 1.807) is 0 Å². The SMILES string of the molecule is Brc1cc(Br)cc(-c2nnc(CCNC3CC3)o2)c1. The summed E-state index contributed by atoms with van der Waals surface area (Å²) < 4.78 is 7.64. The summed E-state index contributed by atoms with van der Waals surface area (Å²) in [5.74, 6) is 1.24. The van der Waals surface area contributed by atoms with Gasteiger partial charge in [0.2, 0.25) is 11.8 Å². The molecule has 19 heavy (non-hydrogen) atoms. The maximum Gasteiger partial charge on any atom is 0.247 e. The van der Waals surface area contributed by atoms with E-state index in [0.717, 1.165) is 27.5 Å². The third-order valence-corrected chi connectivity index (χ3v) is 3.84. The van der Waals surface area contributed by atoms with Gasteiger partial charge in [-0.05, 0) is 31.0 Å². The summed E-state index contributed by atoms with van der Waals surface area (Å²) in [7, 11) is 0. The molecule has 0 bridgehead atoms. The zero-order valence-corrected chi connectivity index (χ0v) is 13.4. The molecule has 0 spiro atoms. The summed E-state index contributed by atoms with van der Waals surface area (Å²) in [6, 6.07) is 6.61. The monoisotopic (exact) mass is 385 g/mol. The molecule has 3 rings (SSSR count). The van der Waals surface area contributed by atoms with E-state index in [4.69, 9.17) is 4.42 Å². The Balaban J connectivity index is 1.68. The van der Waals surface area contributed by atoms with Crippen LogP contribution < -0.4 is 5.32 Å².